The molecule has 0 radical (unpaired) electrons. The summed E-state index contributed by atoms with van der Waals surface area (Å²) < 4.78 is 11.6. The highest BCUT2D eigenvalue weighted by Gasteiger charge is 2.27. The van der Waals surface area contributed by atoms with E-state index >= 15 is 0 Å². The summed E-state index contributed by atoms with van der Waals surface area (Å²) in [7, 11) is 1.61. The van der Waals surface area contributed by atoms with Gasteiger partial charge in [-0.25, -0.2) is 0 Å². The lowest BCUT2D eigenvalue weighted by molar-refractivity contribution is 0.00313. The number of halogens is 1. The van der Waals surface area contributed by atoms with E-state index in [4.69, 9.17) is 21.1 Å². The van der Waals surface area contributed by atoms with Crippen LogP contribution in [0.4, 0.5) is 0 Å². The molecule has 28 heavy (non-hydrogen) atoms. The summed E-state index contributed by atoms with van der Waals surface area (Å²) in [5.74, 6) is 0.924. The zero-order valence-electron chi connectivity index (χ0n) is 15.8. The van der Waals surface area contributed by atoms with Crippen LogP contribution in [-0.4, -0.2) is 19.6 Å². The van der Waals surface area contributed by atoms with Gasteiger partial charge < -0.3 is 14.8 Å². The molecule has 3 rings (SSSR count). The van der Waals surface area contributed by atoms with E-state index < -0.39 is 5.60 Å². The quantitative estimate of drug-likeness (QED) is 0.580. The fourth-order valence-electron chi connectivity index (χ4n) is 2.81. The zero-order valence-corrected chi connectivity index (χ0v) is 16.6. The Kier molecular flexibility index (Phi) is 6.34. The van der Waals surface area contributed by atoms with Gasteiger partial charge in [-0.1, -0.05) is 54.1 Å². The normalized spacial score (nSPS) is 12.8. The summed E-state index contributed by atoms with van der Waals surface area (Å²) in [4.78, 5) is 12.8. The average molecular weight is 396 g/mol. The standard InChI is InChI=1S/C23H22ClNO3/c1-23(27-2,17-9-8-10-18(24)15-17)16-25-22(26)20-13-6-7-14-21(20)28-19-11-4-3-5-12-19/h3-15H,16H2,1-2H3,(H,25,26). The van der Waals surface area contributed by atoms with E-state index in [1.807, 2.05) is 61.5 Å². The van der Waals surface area contributed by atoms with E-state index in [0.717, 1.165) is 5.56 Å². The van der Waals surface area contributed by atoms with E-state index in [0.29, 0.717) is 22.1 Å². The van der Waals surface area contributed by atoms with E-state index in [1.165, 1.54) is 0 Å². The van der Waals surface area contributed by atoms with Crippen molar-refractivity contribution in [2.24, 2.45) is 0 Å². The number of carbonyl (C=O) groups is 1. The molecule has 1 atom stereocenters. The lowest BCUT2D eigenvalue weighted by atomic mass is 9.95. The van der Waals surface area contributed by atoms with Crippen molar-refractivity contribution in [3.63, 3.8) is 0 Å². The summed E-state index contributed by atoms with van der Waals surface area (Å²) in [6.07, 6.45) is 0. The van der Waals surface area contributed by atoms with Gasteiger partial charge >= 0.3 is 0 Å². The molecule has 0 aromatic heterocycles. The third-order valence-corrected chi connectivity index (χ3v) is 4.81. The number of para-hydroxylation sites is 2. The zero-order chi connectivity index (χ0) is 20.0. The van der Waals surface area contributed by atoms with Crippen molar-refractivity contribution >= 4 is 17.5 Å². The topological polar surface area (TPSA) is 47.6 Å². The van der Waals surface area contributed by atoms with Gasteiger partial charge in [0.05, 0.1) is 12.1 Å². The monoisotopic (exact) mass is 395 g/mol. The predicted octanol–water partition coefficient (Wildman–Crippen LogP) is 5.42. The third-order valence-electron chi connectivity index (χ3n) is 4.57. The van der Waals surface area contributed by atoms with Gasteiger partial charge in [-0.05, 0) is 48.9 Å². The maximum absolute atomic E-state index is 12.8. The minimum Gasteiger partial charge on any atom is -0.457 e. The summed E-state index contributed by atoms with van der Waals surface area (Å²) >= 11 is 6.10. The number of methoxy groups -OCH3 is 1. The molecule has 144 valence electrons. The summed E-state index contributed by atoms with van der Waals surface area (Å²) in [5, 5.41) is 3.57. The molecule has 1 amide bonds. The molecule has 4 nitrogen and oxygen atoms in total. The van der Waals surface area contributed by atoms with E-state index in [9.17, 15) is 4.79 Å². The Hall–Kier alpha value is -2.82. The van der Waals surface area contributed by atoms with Crippen LogP contribution in [0.15, 0.2) is 78.9 Å². The molecule has 0 saturated heterocycles. The van der Waals surface area contributed by atoms with Crippen LogP contribution in [-0.2, 0) is 10.3 Å². The fraction of sp³-hybridized carbons (Fsp3) is 0.174. The van der Waals surface area contributed by atoms with Crippen molar-refractivity contribution in [2.75, 3.05) is 13.7 Å². The fourth-order valence-corrected chi connectivity index (χ4v) is 3.00. The Morgan fingerprint density at radius 2 is 1.71 bits per heavy atom. The second-order valence-corrected chi connectivity index (χ2v) is 6.98. The molecule has 0 aliphatic heterocycles. The molecule has 3 aromatic rings. The first-order valence-corrected chi connectivity index (χ1v) is 9.31. The summed E-state index contributed by atoms with van der Waals surface area (Å²) in [6, 6.07) is 23.9. The number of hydrogen-bond donors (Lipinski definition) is 1. The van der Waals surface area contributed by atoms with Crippen molar-refractivity contribution in [2.45, 2.75) is 12.5 Å². The Labute approximate surface area is 170 Å². The number of rotatable bonds is 7. The molecule has 1 N–H and O–H groups in total. The molecule has 0 bridgehead atoms. The Morgan fingerprint density at radius 3 is 2.43 bits per heavy atom. The maximum atomic E-state index is 12.8. The summed E-state index contributed by atoms with van der Waals surface area (Å²) in [6.45, 7) is 2.19. The second kappa shape index (κ2) is 8.91. The van der Waals surface area contributed by atoms with Gasteiger partial charge in [0, 0.05) is 12.1 Å². The van der Waals surface area contributed by atoms with Crippen molar-refractivity contribution in [3.05, 3.63) is 95.0 Å². The minimum atomic E-state index is -0.713. The van der Waals surface area contributed by atoms with Crippen LogP contribution in [0.25, 0.3) is 0 Å². The van der Waals surface area contributed by atoms with Crippen LogP contribution in [0.5, 0.6) is 11.5 Å². The molecular weight excluding hydrogens is 374 g/mol. The van der Waals surface area contributed by atoms with Crippen molar-refractivity contribution in [3.8, 4) is 11.5 Å². The van der Waals surface area contributed by atoms with E-state index in [1.54, 1.807) is 31.4 Å². The number of hydrogen-bond acceptors (Lipinski definition) is 3. The van der Waals surface area contributed by atoms with E-state index in [-0.39, 0.29) is 12.5 Å². The Balaban J connectivity index is 1.76. The number of carbonyl (C=O) groups excluding carboxylic acids is 1. The number of amides is 1. The maximum Gasteiger partial charge on any atom is 0.255 e. The number of benzene rings is 3. The molecule has 0 spiro atoms. The van der Waals surface area contributed by atoms with Crippen LogP contribution < -0.4 is 10.1 Å². The predicted molar refractivity (Wildman–Crippen MR) is 111 cm³/mol. The van der Waals surface area contributed by atoms with Crippen LogP contribution in [0.2, 0.25) is 5.02 Å². The first-order valence-electron chi connectivity index (χ1n) is 8.93. The number of ether oxygens (including phenoxy) is 2. The summed E-state index contributed by atoms with van der Waals surface area (Å²) in [5.41, 5.74) is 0.628. The molecule has 5 heteroatoms. The molecule has 0 fully saturated rings. The van der Waals surface area contributed by atoms with Crippen LogP contribution >= 0.6 is 11.6 Å². The molecule has 0 aliphatic carbocycles. The SMILES string of the molecule is COC(C)(CNC(=O)c1ccccc1Oc1ccccc1)c1cccc(Cl)c1. The Morgan fingerprint density at radius 1 is 1.00 bits per heavy atom. The highest BCUT2D eigenvalue weighted by atomic mass is 35.5. The van der Waals surface area contributed by atoms with Gasteiger partial charge in [-0.2, -0.15) is 0 Å². The lowest BCUT2D eigenvalue weighted by Crippen LogP contribution is -2.40. The van der Waals surface area contributed by atoms with Gasteiger partial charge in [0.1, 0.15) is 17.1 Å². The van der Waals surface area contributed by atoms with Crippen LogP contribution in [0, 0.1) is 0 Å². The third kappa shape index (κ3) is 4.71. The smallest absolute Gasteiger partial charge is 0.255 e. The second-order valence-electron chi connectivity index (χ2n) is 6.54. The molecule has 3 aromatic carbocycles. The Bertz CT molecular complexity index is 945. The van der Waals surface area contributed by atoms with Gasteiger partial charge in [0.2, 0.25) is 0 Å². The van der Waals surface area contributed by atoms with Crippen LogP contribution in [0.3, 0.4) is 0 Å². The number of nitrogens with one attached hydrogen (secondary N) is 1. The van der Waals surface area contributed by atoms with Gasteiger partial charge in [-0.15, -0.1) is 0 Å². The highest BCUT2D eigenvalue weighted by molar-refractivity contribution is 6.30. The molecule has 1 unspecified atom stereocenters. The van der Waals surface area contributed by atoms with Crippen molar-refractivity contribution in [1.82, 2.24) is 5.32 Å². The van der Waals surface area contributed by atoms with Crippen molar-refractivity contribution < 1.29 is 14.3 Å². The first kappa shape index (κ1) is 19.9. The van der Waals surface area contributed by atoms with Crippen molar-refractivity contribution in [1.29, 1.82) is 0 Å². The van der Waals surface area contributed by atoms with Gasteiger partial charge in [0.25, 0.3) is 5.91 Å². The largest absolute Gasteiger partial charge is 0.457 e. The average Bonchev–Trinajstić information content (AvgIpc) is 2.73. The molecule has 0 heterocycles. The van der Waals surface area contributed by atoms with Crippen LogP contribution in [0.1, 0.15) is 22.8 Å². The first-order chi connectivity index (χ1) is 13.5. The molecule has 0 aliphatic rings. The van der Waals surface area contributed by atoms with Gasteiger partial charge in [0.15, 0.2) is 0 Å². The molecule has 0 saturated carbocycles. The highest BCUT2D eigenvalue weighted by Crippen LogP contribution is 2.28. The minimum absolute atomic E-state index is 0.239. The van der Waals surface area contributed by atoms with E-state index in [2.05, 4.69) is 5.32 Å². The lowest BCUT2D eigenvalue weighted by Gasteiger charge is -2.29. The molecular formula is C23H22ClNO3. The van der Waals surface area contributed by atoms with Gasteiger partial charge in [-0.3, -0.25) is 4.79 Å².